The lowest BCUT2D eigenvalue weighted by atomic mass is 9.85. The summed E-state index contributed by atoms with van der Waals surface area (Å²) in [6.07, 6.45) is 4.21. The topological polar surface area (TPSA) is 92.2 Å². The smallest absolute Gasteiger partial charge is 0.409 e. The predicted molar refractivity (Wildman–Crippen MR) is 155 cm³/mol. The van der Waals surface area contributed by atoms with Crippen molar-refractivity contribution >= 4 is 32.0 Å². The number of nitriles is 1. The molecule has 3 aromatic rings. The van der Waals surface area contributed by atoms with Crippen molar-refractivity contribution in [3.8, 4) is 17.3 Å². The number of nitrogens with zero attached hydrogens (tertiary/aromatic N) is 5. The Morgan fingerprint density at radius 3 is 2.85 bits per heavy atom. The van der Waals surface area contributed by atoms with Crippen LogP contribution < -0.4 is 5.30 Å². The Morgan fingerprint density at radius 2 is 2.12 bits per heavy atom. The number of rotatable bonds is 4. The van der Waals surface area contributed by atoms with Gasteiger partial charge >= 0.3 is 6.09 Å². The van der Waals surface area contributed by atoms with Crippen LogP contribution in [0.15, 0.2) is 47.2 Å². The molecule has 4 heterocycles. The minimum absolute atomic E-state index is 0.173. The van der Waals surface area contributed by atoms with E-state index in [1.54, 1.807) is 11.1 Å². The number of imidazole rings is 1. The molecule has 1 saturated heterocycles. The SMILES string of the molecule is COC(=O)N1CCO[C@@H](Cc2c(-c3c(C)cc(C4=NC(C#N)=CCC(C)C4C)cc3P)nc3cc(F)ccn23)C1. The monoisotopic (exact) mass is 561 g/mol. The summed E-state index contributed by atoms with van der Waals surface area (Å²) < 4.78 is 27.1. The summed E-state index contributed by atoms with van der Waals surface area (Å²) in [5.41, 5.74) is 6.33. The highest BCUT2D eigenvalue weighted by Crippen LogP contribution is 2.32. The molecule has 5 rings (SSSR count). The van der Waals surface area contributed by atoms with Crippen LogP contribution in [0.1, 0.15) is 37.1 Å². The van der Waals surface area contributed by atoms with Crippen LogP contribution in [-0.2, 0) is 15.9 Å². The third-order valence-corrected chi connectivity index (χ3v) is 8.36. The highest BCUT2D eigenvalue weighted by Gasteiger charge is 2.29. The number of halogens is 1. The first-order valence-corrected chi connectivity index (χ1v) is 14.0. The van der Waals surface area contributed by atoms with Crippen LogP contribution >= 0.6 is 9.24 Å². The summed E-state index contributed by atoms with van der Waals surface area (Å²) in [6, 6.07) is 9.20. The molecular weight excluding hydrogens is 528 g/mol. The Bertz CT molecular complexity index is 1550. The summed E-state index contributed by atoms with van der Waals surface area (Å²) in [5, 5.41) is 10.5. The number of methoxy groups -OCH3 is 1. The Kier molecular flexibility index (Phi) is 8.02. The van der Waals surface area contributed by atoms with Gasteiger partial charge in [-0.3, -0.25) is 0 Å². The van der Waals surface area contributed by atoms with Crippen LogP contribution in [0.3, 0.4) is 0 Å². The molecule has 8 nitrogen and oxygen atoms in total. The molecule has 0 N–H and O–H groups in total. The molecule has 10 heteroatoms. The maximum atomic E-state index is 14.2. The fraction of sp³-hybridized carbons (Fsp3) is 0.400. The number of fused-ring (bicyclic) bond motifs is 1. The quantitative estimate of drug-likeness (QED) is 0.426. The zero-order valence-corrected chi connectivity index (χ0v) is 24.3. The molecule has 40 heavy (non-hydrogen) atoms. The molecule has 2 aliphatic heterocycles. The van der Waals surface area contributed by atoms with Crippen molar-refractivity contribution in [2.24, 2.45) is 16.8 Å². The molecule has 0 bridgehead atoms. The van der Waals surface area contributed by atoms with Crippen LogP contribution in [-0.4, -0.2) is 59.0 Å². The highest BCUT2D eigenvalue weighted by molar-refractivity contribution is 7.28. The van der Waals surface area contributed by atoms with E-state index < -0.39 is 0 Å². The van der Waals surface area contributed by atoms with Crippen molar-refractivity contribution in [1.29, 1.82) is 5.26 Å². The van der Waals surface area contributed by atoms with Crippen molar-refractivity contribution in [3.05, 3.63) is 64.9 Å². The summed E-state index contributed by atoms with van der Waals surface area (Å²) in [5.74, 6) is 0.152. The standard InChI is InChI=1S/C30H33FN5O3P/c1-17-5-6-22(15-32)33-28(19(17)3)20-11-18(2)27(25(40)12-20)29-24(36-8-7-21(31)13-26(36)34-29)14-23-16-35(9-10-39-23)30(37)38-4/h6-8,11-13,17,19,23H,5,9-10,14,16,40H2,1-4H3/t17?,19?,23-/m0/s1. The number of carbonyl (C=O) groups excluding carboxylic acids is 1. The molecule has 0 aliphatic carbocycles. The third-order valence-electron chi connectivity index (χ3n) is 7.90. The average Bonchev–Trinajstić information content (AvgIpc) is 3.20. The molecular formula is C30H33FN5O3P. The Hall–Kier alpha value is -3.60. The number of allylic oxidation sites excluding steroid dienone is 2. The van der Waals surface area contributed by atoms with Gasteiger partial charge in [0, 0.05) is 36.7 Å². The molecule has 0 spiro atoms. The first-order chi connectivity index (χ1) is 19.2. The highest BCUT2D eigenvalue weighted by atomic mass is 31.0. The number of hydrogen-bond donors (Lipinski definition) is 0. The maximum Gasteiger partial charge on any atom is 0.409 e. The average molecular weight is 562 g/mol. The van der Waals surface area contributed by atoms with Crippen molar-refractivity contribution in [1.82, 2.24) is 14.3 Å². The largest absolute Gasteiger partial charge is 0.453 e. The second kappa shape index (κ2) is 11.5. The lowest BCUT2D eigenvalue weighted by Crippen LogP contribution is -2.46. The third kappa shape index (κ3) is 5.39. The van der Waals surface area contributed by atoms with Gasteiger partial charge in [0.25, 0.3) is 0 Å². The van der Waals surface area contributed by atoms with Gasteiger partial charge in [0.1, 0.15) is 23.2 Å². The van der Waals surface area contributed by atoms with E-state index >= 15 is 0 Å². The van der Waals surface area contributed by atoms with E-state index in [1.807, 2.05) is 17.4 Å². The maximum absolute atomic E-state index is 14.2. The summed E-state index contributed by atoms with van der Waals surface area (Å²) in [6.45, 7) is 7.62. The lowest BCUT2D eigenvalue weighted by Gasteiger charge is -2.32. The van der Waals surface area contributed by atoms with Crippen molar-refractivity contribution in [3.63, 3.8) is 0 Å². The van der Waals surface area contributed by atoms with Crippen LogP contribution in [0, 0.1) is 35.9 Å². The van der Waals surface area contributed by atoms with E-state index in [9.17, 15) is 14.4 Å². The molecule has 2 aliphatic rings. The molecule has 3 unspecified atom stereocenters. The van der Waals surface area contributed by atoms with Gasteiger partial charge in [-0.2, -0.15) is 5.26 Å². The van der Waals surface area contributed by atoms with E-state index in [2.05, 4.69) is 41.3 Å². The minimum atomic E-state index is -0.383. The summed E-state index contributed by atoms with van der Waals surface area (Å²) in [4.78, 5) is 23.4. The number of amides is 1. The fourth-order valence-corrected chi connectivity index (χ4v) is 6.10. The number of aliphatic imine (C=N–C) groups is 1. The Balaban J connectivity index is 1.58. The van der Waals surface area contributed by atoms with E-state index in [-0.39, 0.29) is 23.9 Å². The zero-order chi connectivity index (χ0) is 28.6. The van der Waals surface area contributed by atoms with Crippen LogP contribution in [0.2, 0.25) is 0 Å². The first kappa shape index (κ1) is 27.9. The molecule has 1 fully saturated rings. The van der Waals surface area contributed by atoms with Crippen molar-refractivity contribution in [2.75, 3.05) is 26.8 Å². The number of carbonyl (C=O) groups is 1. The first-order valence-electron chi connectivity index (χ1n) is 13.4. The lowest BCUT2D eigenvalue weighted by molar-refractivity contribution is -0.0241. The van der Waals surface area contributed by atoms with Crippen LogP contribution in [0.5, 0.6) is 0 Å². The number of benzene rings is 1. The van der Waals surface area contributed by atoms with E-state index in [0.29, 0.717) is 43.4 Å². The number of ether oxygens (including phenoxy) is 2. The van der Waals surface area contributed by atoms with Crippen LogP contribution in [0.25, 0.3) is 16.9 Å². The Morgan fingerprint density at radius 1 is 1.32 bits per heavy atom. The van der Waals surface area contributed by atoms with E-state index in [1.165, 1.54) is 19.2 Å². The van der Waals surface area contributed by atoms with Gasteiger partial charge < -0.3 is 18.8 Å². The van der Waals surface area contributed by atoms with Gasteiger partial charge in [-0.15, -0.1) is 9.24 Å². The number of aromatic nitrogens is 2. The second-order valence-electron chi connectivity index (χ2n) is 10.6. The van der Waals surface area contributed by atoms with Gasteiger partial charge in [0.15, 0.2) is 0 Å². The van der Waals surface area contributed by atoms with Gasteiger partial charge in [-0.25, -0.2) is 19.2 Å². The minimum Gasteiger partial charge on any atom is -0.453 e. The van der Waals surface area contributed by atoms with Gasteiger partial charge in [-0.1, -0.05) is 13.8 Å². The fourth-order valence-electron chi connectivity index (χ4n) is 5.55. The molecule has 1 amide bonds. The molecule has 2 aromatic heterocycles. The zero-order valence-electron chi connectivity index (χ0n) is 23.1. The molecule has 0 saturated carbocycles. The number of aryl methyl sites for hydroxylation is 1. The number of morpholine rings is 1. The van der Waals surface area contributed by atoms with E-state index in [0.717, 1.165) is 45.5 Å². The van der Waals surface area contributed by atoms with Gasteiger partial charge in [-0.05, 0) is 60.0 Å². The molecule has 208 valence electrons. The predicted octanol–water partition coefficient (Wildman–Crippen LogP) is 4.83. The second-order valence-corrected chi connectivity index (χ2v) is 11.2. The summed E-state index contributed by atoms with van der Waals surface area (Å²) >= 11 is 0. The summed E-state index contributed by atoms with van der Waals surface area (Å²) in [7, 11) is 4.20. The van der Waals surface area contributed by atoms with Gasteiger partial charge in [0.2, 0.25) is 0 Å². The molecule has 4 atom stereocenters. The van der Waals surface area contributed by atoms with Gasteiger partial charge in [0.05, 0.1) is 43.5 Å². The Labute approximate surface area is 235 Å². The van der Waals surface area contributed by atoms with Crippen molar-refractivity contribution in [2.45, 2.75) is 39.7 Å². The molecule has 1 aromatic carbocycles. The van der Waals surface area contributed by atoms with E-state index in [4.69, 9.17) is 19.5 Å². The molecule has 0 radical (unpaired) electrons. The number of hydrogen-bond acceptors (Lipinski definition) is 6. The normalized spacial score (nSPS) is 21.4. The number of pyridine rings is 1. The van der Waals surface area contributed by atoms with Crippen LogP contribution in [0.4, 0.5) is 9.18 Å². The van der Waals surface area contributed by atoms with Crippen molar-refractivity contribution < 1.29 is 18.7 Å².